The van der Waals surface area contributed by atoms with Gasteiger partial charge in [-0.1, -0.05) is 25.5 Å². The number of benzene rings is 1. The molecule has 7 heteroatoms. The van der Waals surface area contributed by atoms with Crippen LogP contribution in [0.4, 0.5) is 5.82 Å². The lowest BCUT2D eigenvalue weighted by Crippen LogP contribution is -2.13. The number of hydrogen-bond acceptors (Lipinski definition) is 4. The van der Waals surface area contributed by atoms with Gasteiger partial charge in [-0.2, -0.15) is 5.10 Å². The quantitative estimate of drug-likeness (QED) is 0.801. The Hall–Kier alpha value is -2.15. The van der Waals surface area contributed by atoms with Gasteiger partial charge in [0.15, 0.2) is 11.6 Å². The largest absolute Gasteiger partial charge is 0.295 e. The first-order valence-corrected chi connectivity index (χ1v) is 8.09. The average Bonchev–Trinajstić information content (AvgIpc) is 2.86. The zero-order valence-corrected chi connectivity index (χ0v) is 12.7. The van der Waals surface area contributed by atoms with Gasteiger partial charge in [0, 0.05) is 17.3 Å². The second-order valence-electron chi connectivity index (χ2n) is 4.71. The number of carbonyl (C=O) groups excluding carboxylic acids is 1. The molecule has 0 radical (unpaired) electrons. The van der Waals surface area contributed by atoms with Crippen molar-refractivity contribution in [2.45, 2.75) is 31.6 Å². The summed E-state index contributed by atoms with van der Waals surface area (Å²) >= 11 is 0. The second-order valence-corrected chi connectivity index (χ2v) is 6.40. The maximum atomic E-state index is 12.2. The SMILES string of the molecule is CCCc1cc(NS(=O)(=O)c2ccc(C(C)=O)cc2)n[nH]1. The number of aryl methyl sites for hydroxylation is 1. The number of sulfonamides is 1. The Morgan fingerprint density at radius 2 is 1.95 bits per heavy atom. The lowest BCUT2D eigenvalue weighted by molar-refractivity contribution is 0.101. The first-order chi connectivity index (χ1) is 9.92. The van der Waals surface area contributed by atoms with Crippen LogP contribution in [0.5, 0.6) is 0 Å². The summed E-state index contributed by atoms with van der Waals surface area (Å²) in [6.45, 7) is 3.46. The number of carbonyl (C=O) groups is 1. The van der Waals surface area contributed by atoms with Crippen LogP contribution in [-0.4, -0.2) is 24.4 Å². The summed E-state index contributed by atoms with van der Waals surface area (Å²) in [6.07, 6.45) is 1.75. The fraction of sp³-hybridized carbons (Fsp3) is 0.286. The van der Waals surface area contributed by atoms with Crippen LogP contribution in [0.15, 0.2) is 35.2 Å². The van der Waals surface area contributed by atoms with Gasteiger partial charge < -0.3 is 0 Å². The number of nitrogens with zero attached hydrogens (tertiary/aromatic N) is 1. The number of aromatic nitrogens is 2. The smallest absolute Gasteiger partial charge is 0.263 e. The molecule has 0 aliphatic carbocycles. The van der Waals surface area contributed by atoms with Crippen molar-refractivity contribution in [1.29, 1.82) is 0 Å². The van der Waals surface area contributed by atoms with Crippen molar-refractivity contribution in [2.75, 3.05) is 4.72 Å². The molecule has 0 fully saturated rings. The maximum Gasteiger partial charge on any atom is 0.263 e. The minimum atomic E-state index is -3.70. The van der Waals surface area contributed by atoms with E-state index in [9.17, 15) is 13.2 Å². The topological polar surface area (TPSA) is 91.9 Å². The van der Waals surface area contributed by atoms with E-state index in [0.29, 0.717) is 5.56 Å². The molecule has 0 bridgehead atoms. The molecule has 1 aromatic heterocycles. The third-order valence-corrected chi connectivity index (χ3v) is 4.33. The number of H-pyrrole nitrogens is 1. The van der Waals surface area contributed by atoms with Crippen LogP contribution in [0, 0.1) is 0 Å². The zero-order chi connectivity index (χ0) is 15.5. The number of anilines is 1. The molecule has 2 rings (SSSR count). The number of hydrogen-bond donors (Lipinski definition) is 2. The number of aromatic amines is 1. The predicted molar refractivity (Wildman–Crippen MR) is 79.8 cm³/mol. The highest BCUT2D eigenvalue weighted by Crippen LogP contribution is 2.16. The third kappa shape index (κ3) is 3.69. The van der Waals surface area contributed by atoms with Crippen LogP contribution in [0.3, 0.4) is 0 Å². The molecule has 0 aliphatic heterocycles. The summed E-state index contributed by atoms with van der Waals surface area (Å²) in [6, 6.07) is 7.45. The van der Waals surface area contributed by atoms with Gasteiger partial charge in [0.2, 0.25) is 0 Å². The molecule has 2 aromatic rings. The molecular formula is C14H17N3O3S. The minimum Gasteiger partial charge on any atom is -0.295 e. The standard InChI is InChI=1S/C14H17N3O3S/c1-3-4-12-9-14(16-15-12)17-21(19,20)13-7-5-11(6-8-13)10(2)18/h5-9H,3-4H2,1-2H3,(H2,15,16,17). The zero-order valence-electron chi connectivity index (χ0n) is 11.9. The van der Waals surface area contributed by atoms with E-state index < -0.39 is 10.0 Å². The molecular weight excluding hydrogens is 290 g/mol. The van der Waals surface area contributed by atoms with Crippen LogP contribution >= 0.6 is 0 Å². The van der Waals surface area contributed by atoms with Gasteiger partial charge in [0.25, 0.3) is 10.0 Å². The van der Waals surface area contributed by atoms with E-state index in [-0.39, 0.29) is 16.5 Å². The van der Waals surface area contributed by atoms with E-state index in [2.05, 4.69) is 14.9 Å². The monoisotopic (exact) mass is 307 g/mol. The second kappa shape index (κ2) is 6.09. The molecule has 0 spiro atoms. The molecule has 0 amide bonds. The molecule has 1 heterocycles. The van der Waals surface area contributed by atoms with Crippen LogP contribution in [0.1, 0.15) is 36.3 Å². The van der Waals surface area contributed by atoms with Crippen LogP contribution in [-0.2, 0) is 16.4 Å². The highest BCUT2D eigenvalue weighted by Gasteiger charge is 2.16. The Balaban J connectivity index is 2.18. The molecule has 0 saturated heterocycles. The number of nitrogens with one attached hydrogen (secondary N) is 2. The fourth-order valence-corrected chi connectivity index (χ4v) is 2.87. The normalized spacial score (nSPS) is 11.3. The van der Waals surface area contributed by atoms with E-state index in [1.165, 1.54) is 31.2 Å². The Morgan fingerprint density at radius 3 is 2.52 bits per heavy atom. The predicted octanol–water partition coefficient (Wildman–Crippen LogP) is 2.37. The number of ketones is 1. The van der Waals surface area contributed by atoms with Gasteiger partial charge >= 0.3 is 0 Å². The Labute approximate surface area is 123 Å². The Bertz CT molecular complexity index is 733. The van der Waals surface area contributed by atoms with Gasteiger partial charge in [-0.15, -0.1) is 0 Å². The fourth-order valence-electron chi connectivity index (χ4n) is 1.88. The van der Waals surface area contributed by atoms with Crippen molar-refractivity contribution in [1.82, 2.24) is 10.2 Å². The van der Waals surface area contributed by atoms with E-state index >= 15 is 0 Å². The lowest BCUT2D eigenvalue weighted by Gasteiger charge is -2.05. The summed E-state index contributed by atoms with van der Waals surface area (Å²) in [5, 5.41) is 6.71. The van der Waals surface area contributed by atoms with Crippen molar-refractivity contribution in [3.05, 3.63) is 41.6 Å². The van der Waals surface area contributed by atoms with E-state index in [0.717, 1.165) is 18.5 Å². The molecule has 6 nitrogen and oxygen atoms in total. The van der Waals surface area contributed by atoms with Crippen molar-refractivity contribution >= 4 is 21.6 Å². The molecule has 0 aliphatic rings. The summed E-state index contributed by atoms with van der Waals surface area (Å²) in [5.74, 6) is 0.150. The highest BCUT2D eigenvalue weighted by atomic mass is 32.2. The first kappa shape index (κ1) is 15.2. The number of rotatable bonds is 6. The molecule has 21 heavy (non-hydrogen) atoms. The molecule has 1 aromatic carbocycles. The van der Waals surface area contributed by atoms with Crippen LogP contribution in [0.25, 0.3) is 0 Å². The van der Waals surface area contributed by atoms with Gasteiger partial charge in [-0.05, 0) is 25.5 Å². The molecule has 0 unspecified atom stereocenters. The minimum absolute atomic E-state index is 0.0903. The van der Waals surface area contributed by atoms with Gasteiger partial charge in [-0.3, -0.25) is 14.6 Å². The molecule has 2 N–H and O–H groups in total. The van der Waals surface area contributed by atoms with Gasteiger partial charge in [0.05, 0.1) is 4.90 Å². The molecule has 0 atom stereocenters. The third-order valence-electron chi connectivity index (χ3n) is 2.96. The van der Waals surface area contributed by atoms with Gasteiger partial charge in [0.1, 0.15) is 0 Å². The van der Waals surface area contributed by atoms with Gasteiger partial charge in [-0.25, -0.2) is 8.42 Å². The van der Waals surface area contributed by atoms with E-state index in [1.54, 1.807) is 6.07 Å². The lowest BCUT2D eigenvalue weighted by atomic mass is 10.2. The van der Waals surface area contributed by atoms with E-state index in [4.69, 9.17) is 0 Å². The molecule has 112 valence electrons. The Morgan fingerprint density at radius 1 is 1.29 bits per heavy atom. The van der Waals surface area contributed by atoms with E-state index in [1.807, 2.05) is 6.92 Å². The van der Waals surface area contributed by atoms with Crippen molar-refractivity contribution in [3.8, 4) is 0 Å². The summed E-state index contributed by atoms with van der Waals surface area (Å²) in [4.78, 5) is 11.3. The van der Waals surface area contributed by atoms with Crippen LogP contribution < -0.4 is 4.72 Å². The molecule has 0 saturated carbocycles. The highest BCUT2D eigenvalue weighted by molar-refractivity contribution is 7.92. The Kier molecular flexibility index (Phi) is 4.42. The summed E-state index contributed by atoms with van der Waals surface area (Å²) in [7, 11) is -3.70. The van der Waals surface area contributed by atoms with Crippen molar-refractivity contribution in [3.63, 3.8) is 0 Å². The maximum absolute atomic E-state index is 12.2. The van der Waals surface area contributed by atoms with Crippen molar-refractivity contribution < 1.29 is 13.2 Å². The summed E-state index contributed by atoms with van der Waals surface area (Å²) < 4.78 is 26.8. The average molecular weight is 307 g/mol. The van der Waals surface area contributed by atoms with Crippen molar-refractivity contribution in [2.24, 2.45) is 0 Å². The summed E-state index contributed by atoms with van der Waals surface area (Å²) in [5.41, 5.74) is 1.35. The van der Waals surface area contributed by atoms with Crippen LogP contribution in [0.2, 0.25) is 0 Å². The first-order valence-electron chi connectivity index (χ1n) is 6.60. The number of Topliss-reactive ketones (excluding diaryl/α,β-unsaturated/α-hetero) is 1.